The number of hydrogen-bond donors (Lipinski definition) is 1. The quantitative estimate of drug-likeness (QED) is 0.225. The lowest BCUT2D eigenvalue weighted by Crippen LogP contribution is -2.18. The number of aliphatic imine (C=N–C) groups is 2. The summed E-state index contributed by atoms with van der Waals surface area (Å²) in [5.74, 6) is -4.51. The van der Waals surface area contributed by atoms with Crippen molar-refractivity contribution in [2.45, 2.75) is 17.5 Å². The molecule has 2 aliphatic heterocycles. The highest BCUT2D eigenvalue weighted by Gasteiger charge is 2.32. The number of ketones is 1. The summed E-state index contributed by atoms with van der Waals surface area (Å²) in [4.78, 5) is 32.0. The van der Waals surface area contributed by atoms with E-state index in [1.807, 2.05) is 4.72 Å². The normalized spacial score (nSPS) is 15.2. The number of hydrogen-bond acceptors (Lipinski definition) is 7. The fourth-order valence-electron chi connectivity index (χ4n) is 3.62. The number of carbonyl (C=O) groups is 2. The van der Waals surface area contributed by atoms with Crippen LogP contribution in [0.15, 0.2) is 86.3 Å². The molecule has 0 saturated carbocycles. The van der Waals surface area contributed by atoms with Crippen molar-refractivity contribution in [1.82, 2.24) is 0 Å². The molecule has 0 radical (unpaired) electrons. The van der Waals surface area contributed by atoms with Crippen LogP contribution in [0, 0.1) is 11.6 Å². The standard InChI is InChI=1S/C25H16F5N3O5S/c1-38-20(34)9-2-13-10-16-17(12-32-24(16)31-11-13)23(35)21-18(26)7-8-19(22(21)27)33-39(36,37)15-5-3-14(4-6-15)25(28,29)30/h2-9,11-12,33H,10H2,1H3. The van der Waals surface area contributed by atoms with Gasteiger partial charge in [-0.15, -0.1) is 0 Å². The Morgan fingerprint density at radius 2 is 1.77 bits per heavy atom. The smallest absolute Gasteiger partial charge is 0.416 e. The van der Waals surface area contributed by atoms with E-state index < -0.39 is 61.3 Å². The zero-order valence-electron chi connectivity index (χ0n) is 19.7. The third kappa shape index (κ3) is 5.70. The van der Waals surface area contributed by atoms with Gasteiger partial charge in [0.2, 0.25) is 5.78 Å². The van der Waals surface area contributed by atoms with Crippen LogP contribution in [-0.4, -0.2) is 39.3 Å². The van der Waals surface area contributed by atoms with Gasteiger partial charge in [0.25, 0.3) is 10.0 Å². The Morgan fingerprint density at radius 1 is 1.08 bits per heavy atom. The molecular formula is C25H16F5N3O5S. The molecular weight excluding hydrogens is 549 g/mol. The number of allylic oxidation sites excluding steroid dienone is 3. The zero-order valence-corrected chi connectivity index (χ0v) is 20.5. The predicted molar refractivity (Wildman–Crippen MR) is 130 cm³/mol. The Balaban J connectivity index is 1.64. The highest BCUT2D eigenvalue weighted by atomic mass is 32.2. The Hall–Kier alpha value is -4.46. The van der Waals surface area contributed by atoms with Gasteiger partial charge in [-0.25, -0.2) is 32.0 Å². The van der Waals surface area contributed by atoms with Crippen LogP contribution in [-0.2, 0) is 25.7 Å². The van der Waals surface area contributed by atoms with Crippen LogP contribution >= 0.6 is 0 Å². The predicted octanol–water partition coefficient (Wildman–Crippen LogP) is 4.76. The largest absolute Gasteiger partial charge is 0.466 e. The number of Topliss-reactive ketones (excluding diaryl/α,β-unsaturated/α-hetero) is 1. The first-order valence-corrected chi connectivity index (χ1v) is 12.3. The number of nitrogens with zero attached hydrogens (tertiary/aromatic N) is 2. The lowest BCUT2D eigenvalue weighted by atomic mass is 9.94. The highest BCUT2D eigenvalue weighted by molar-refractivity contribution is 7.92. The molecule has 2 aliphatic rings. The third-order valence-corrected chi connectivity index (χ3v) is 6.96. The Kier molecular flexibility index (Phi) is 7.33. The van der Waals surface area contributed by atoms with Crippen molar-refractivity contribution < 1.29 is 44.7 Å². The van der Waals surface area contributed by atoms with Crippen LogP contribution in [0.2, 0.25) is 0 Å². The number of amidine groups is 1. The van der Waals surface area contributed by atoms with Gasteiger partial charge < -0.3 is 4.74 Å². The first kappa shape index (κ1) is 27.6. The zero-order chi connectivity index (χ0) is 28.5. The molecule has 2 aromatic carbocycles. The third-order valence-electron chi connectivity index (χ3n) is 5.58. The number of sulfonamides is 1. The topological polar surface area (TPSA) is 114 Å². The van der Waals surface area contributed by atoms with Gasteiger partial charge in [-0.3, -0.25) is 9.52 Å². The molecule has 0 atom stereocenters. The maximum atomic E-state index is 15.3. The summed E-state index contributed by atoms with van der Waals surface area (Å²) in [6.45, 7) is 0. The molecule has 0 unspecified atom stereocenters. The number of alkyl halides is 3. The lowest BCUT2D eigenvalue weighted by Gasteiger charge is -2.14. The van der Waals surface area contributed by atoms with E-state index in [1.54, 1.807) is 0 Å². The minimum absolute atomic E-state index is 0.0386. The summed E-state index contributed by atoms with van der Waals surface area (Å²) < 4.78 is 100. The van der Waals surface area contributed by atoms with Crippen LogP contribution in [0.3, 0.4) is 0 Å². The van der Waals surface area contributed by atoms with E-state index in [9.17, 15) is 35.6 Å². The van der Waals surface area contributed by atoms with Gasteiger partial charge in [-0.2, -0.15) is 13.2 Å². The van der Waals surface area contributed by atoms with Crippen LogP contribution in [0.5, 0.6) is 0 Å². The second-order valence-corrected chi connectivity index (χ2v) is 9.76. The van der Waals surface area contributed by atoms with E-state index in [0.717, 1.165) is 18.4 Å². The number of anilines is 1. The molecule has 0 bridgehead atoms. The first-order chi connectivity index (χ1) is 18.3. The number of esters is 1. The van der Waals surface area contributed by atoms with Crippen molar-refractivity contribution >= 4 is 39.5 Å². The van der Waals surface area contributed by atoms with E-state index in [0.29, 0.717) is 35.9 Å². The van der Waals surface area contributed by atoms with Gasteiger partial charge in [-0.05, 0) is 48.0 Å². The molecule has 0 amide bonds. The Bertz CT molecular complexity index is 1640. The van der Waals surface area contributed by atoms with Crippen LogP contribution < -0.4 is 4.72 Å². The minimum atomic E-state index is -4.70. The van der Waals surface area contributed by atoms with E-state index in [2.05, 4.69) is 14.7 Å². The van der Waals surface area contributed by atoms with Crippen LogP contribution in [0.1, 0.15) is 22.3 Å². The average Bonchev–Trinajstić information content (AvgIpc) is 3.32. The number of ether oxygens (including phenoxy) is 1. The second kappa shape index (κ2) is 10.4. The van der Waals surface area contributed by atoms with Crippen molar-refractivity contribution in [3.05, 3.63) is 94.2 Å². The van der Waals surface area contributed by atoms with E-state index in [4.69, 9.17) is 0 Å². The summed E-state index contributed by atoms with van der Waals surface area (Å²) in [6, 6.07) is 3.80. The molecule has 2 aromatic rings. The van der Waals surface area contributed by atoms with E-state index >= 15 is 4.39 Å². The fraction of sp³-hybridized carbons (Fsp3) is 0.120. The van der Waals surface area contributed by atoms with Gasteiger partial charge in [-0.1, -0.05) is 0 Å². The van der Waals surface area contributed by atoms with Crippen LogP contribution in [0.4, 0.5) is 27.6 Å². The highest BCUT2D eigenvalue weighted by Crippen LogP contribution is 2.32. The van der Waals surface area contributed by atoms with Crippen molar-refractivity contribution in [1.29, 1.82) is 0 Å². The van der Waals surface area contributed by atoms with Gasteiger partial charge in [0.15, 0.2) is 11.7 Å². The van der Waals surface area contributed by atoms with Crippen LogP contribution in [0.25, 0.3) is 0 Å². The van der Waals surface area contributed by atoms with E-state index in [-0.39, 0.29) is 23.4 Å². The molecule has 0 saturated heterocycles. The maximum Gasteiger partial charge on any atom is 0.416 e. The van der Waals surface area contributed by atoms with Crippen molar-refractivity contribution in [3.63, 3.8) is 0 Å². The lowest BCUT2D eigenvalue weighted by molar-refractivity contribution is -0.137. The van der Waals surface area contributed by atoms with Crippen molar-refractivity contribution in [3.8, 4) is 0 Å². The number of fused-ring (bicyclic) bond motifs is 1. The van der Waals surface area contributed by atoms with Crippen molar-refractivity contribution in [2.24, 2.45) is 9.98 Å². The minimum Gasteiger partial charge on any atom is -0.466 e. The summed E-state index contributed by atoms with van der Waals surface area (Å²) >= 11 is 0. The van der Waals surface area contributed by atoms with Gasteiger partial charge in [0.05, 0.1) is 28.8 Å². The van der Waals surface area contributed by atoms with Gasteiger partial charge in [0, 0.05) is 36.1 Å². The summed E-state index contributed by atoms with van der Waals surface area (Å²) in [6.07, 6.45) is 0.296. The molecule has 2 heterocycles. The summed E-state index contributed by atoms with van der Waals surface area (Å²) in [7, 11) is -3.43. The van der Waals surface area contributed by atoms with Gasteiger partial charge in [0.1, 0.15) is 5.82 Å². The molecule has 0 aliphatic carbocycles. The van der Waals surface area contributed by atoms with E-state index in [1.165, 1.54) is 19.4 Å². The number of carbonyl (C=O) groups excluding carboxylic acids is 2. The molecule has 202 valence electrons. The number of halogens is 5. The Morgan fingerprint density at radius 3 is 2.41 bits per heavy atom. The second-order valence-electron chi connectivity index (χ2n) is 8.08. The molecule has 8 nitrogen and oxygen atoms in total. The molecule has 1 N–H and O–H groups in total. The van der Waals surface area contributed by atoms with Crippen molar-refractivity contribution in [2.75, 3.05) is 11.8 Å². The number of benzene rings is 2. The summed E-state index contributed by atoms with van der Waals surface area (Å²) in [5, 5.41) is 0. The monoisotopic (exact) mass is 565 g/mol. The maximum absolute atomic E-state index is 15.3. The first-order valence-electron chi connectivity index (χ1n) is 10.8. The fourth-order valence-corrected chi connectivity index (χ4v) is 4.68. The molecule has 0 aromatic heterocycles. The molecule has 0 spiro atoms. The molecule has 4 rings (SSSR count). The number of methoxy groups -OCH3 is 1. The molecule has 0 fully saturated rings. The van der Waals surface area contributed by atoms with Gasteiger partial charge >= 0.3 is 12.1 Å². The molecule has 14 heteroatoms. The Labute approximate surface area is 218 Å². The number of rotatable bonds is 7. The SMILES string of the molecule is COC(=O)C=CC1=CN=C2N=CC(C(=O)c3c(F)ccc(NS(=O)(=O)c4ccc(C(F)(F)F)cc4)c3F)=C2C1. The average molecular weight is 565 g/mol. The number of nitrogens with one attached hydrogen (secondary N) is 1. The summed E-state index contributed by atoms with van der Waals surface area (Å²) in [5.41, 5.74) is -2.50. The molecule has 39 heavy (non-hydrogen) atoms.